The van der Waals surface area contributed by atoms with Crippen LogP contribution in [0.15, 0.2) is 48.5 Å². The largest absolute Gasteiger partial charge is 0.348 e. The Morgan fingerprint density at radius 3 is 2.33 bits per heavy atom. The highest BCUT2D eigenvalue weighted by molar-refractivity contribution is 7.94. The molecule has 1 heterocycles. The molecule has 6 nitrogen and oxygen atoms in total. The number of halogens is 1. The van der Waals surface area contributed by atoms with Gasteiger partial charge in [-0.2, -0.15) is 0 Å². The van der Waals surface area contributed by atoms with Crippen molar-refractivity contribution in [3.8, 4) is 0 Å². The first-order chi connectivity index (χ1) is 12.6. The van der Waals surface area contributed by atoms with E-state index in [-0.39, 0.29) is 23.5 Å². The molecular formula is C19H19FN2O4S. The van der Waals surface area contributed by atoms with Crippen LogP contribution in [0.5, 0.6) is 0 Å². The summed E-state index contributed by atoms with van der Waals surface area (Å²) in [6.45, 7) is 3.19. The van der Waals surface area contributed by atoms with Gasteiger partial charge >= 0.3 is 0 Å². The molecule has 0 radical (unpaired) electrons. The lowest BCUT2D eigenvalue weighted by Crippen LogP contribution is -2.33. The number of nitrogens with one attached hydrogen (secondary N) is 1. The second kappa shape index (κ2) is 6.77. The average Bonchev–Trinajstić information content (AvgIpc) is 2.77. The van der Waals surface area contributed by atoms with Gasteiger partial charge in [-0.1, -0.05) is 18.2 Å². The number of hydrogen-bond donors (Lipinski definition) is 1. The van der Waals surface area contributed by atoms with Crippen LogP contribution >= 0.6 is 0 Å². The fourth-order valence-corrected chi connectivity index (χ4v) is 5.04. The van der Waals surface area contributed by atoms with E-state index < -0.39 is 33.1 Å². The van der Waals surface area contributed by atoms with E-state index in [0.29, 0.717) is 5.56 Å². The van der Waals surface area contributed by atoms with E-state index in [1.807, 2.05) is 0 Å². The van der Waals surface area contributed by atoms with E-state index in [1.54, 1.807) is 32.0 Å². The van der Waals surface area contributed by atoms with Gasteiger partial charge in [0.1, 0.15) is 5.82 Å². The lowest BCUT2D eigenvalue weighted by atomic mass is 9.95. The number of anilines is 1. The first-order valence-electron chi connectivity index (χ1n) is 8.31. The summed E-state index contributed by atoms with van der Waals surface area (Å²) in [5.41, 5.74) is -0.165. The number of hydrogen-bond acceptors (Lipinski definition) is 4. The zero-order valence-corrected chi connectivity index (χ0v) is 15.7. The zero-order valence-electron chi connectivity index (χ0n) is 14.9. The van der Waals surface area contributed by atoms with Crippen LogP contribution in [-0.2, 0) is 21.4 Å². The van der Waals surface area contributed by atoms with E-state index in [4.69, 9.17) is 0 Å². The summed E-state index contributed by atoms with van der Waals surface area (Å²) in [7, 11) is -3.74. The highest BCUT2D eigenvalue weighted by Crippen LogP contribution is 2.35. The standard InChI is InChI=1S/C19H19FN2O4S/c1-19(2)12-27(25,26)22(18(19)24)15-9-7-13(8-10-15)17(23)21-11-14-5-3-4-6-16(14)20/h3-10H,11-12H2,1-2H3,(H,21,23). The highest BCUT2D eigenvalue weighted by atomic mass is 32.2. The number of nitrogens with zero attached hydrogens (tertiary/aromatic N) is 1. The predicted molar refractivity (Wildman–Crippen MR) is 99.1 cm³/mol. The van der Waals surface area contributed by atoms with Gasteiger partial charge in [-0.25, -0.2) is 17.1 Å². The van der Waals surface area contributed by atoms with Crippen molar-refractivity contribution in [1.29, 1.82) is 0 Å². The van der Waals surface area contributed by atoms with Crippen LogP contribution in [0.4, 0.5) is 10.1 Å². The lowest BCUT2D eigenvalue weighted by Gasteiger charge is -2.17. The van der Waals surface area contributed by atoms with Crippen molar-refractivity contribution >= 4 is 27.5 Å². The molecule has 0 aliphatic carbocycles. The summed E-state index contributed by atoms with van der Waals surface area (Å²) in [4.78, 5) is 24.6. The molecule has 0 saturated carbocycles. The number of amides is 2. The minimum atomic E-state index is -3.74. The molecule has 1 saturated heterocycles. The minimum absolute atomic E-state index is 0.0282. The predicted octanol–water partition coefficient (Wildman–Crippen LogP) is 2.46. The van der Waals surface area contributed by atoms with Crippen molar-refractivity contribution in [2.75, 3.05) is 10.1 Å². The van der Waals surface area contributed by atoms with Crippen molar-refractivity contribution in [1.82, 2.24) is 5.32 Å². The Morgan fingerprint density at radius 1 is 1.15 bits per heavy atom. The molecule has 2 aromatic rings. The van der Waals surface area contributed by atoms with E-state index in [1.165, 1.54) is 30.3 Å². The maximum Gasteiger partial charge on any atom is 0.251 e. The quantitative estimate of drug-likeness (QED) is 0.869. The van der Waals surface area contributed by atoms with Gasteiger partial charge in [0.05, 0.1) is 16.9 Å². The van der Waals surface area contributed by atoms with Crippen molar-refractivity contribution in [3.63, 3.8) is 0 Å². The minimum Gasteiger partial charge on any atom is -0.348 e. The molecular weight excluding hydrogens is 371 g/mol. The first kappa shape index (κ1) is 19.0. The van der Waals surface area contributed by atoms with Gasteiger partial charge in [0.2, 0.25) is 15.9 Å². The molecule has 27 heavy (non-hydrogen) atoms. The molecule has 0 bridgehead atoms. The highest BCUT2D eigenvalue weighted by Gasteiger charge is 2.49. The third kappa shape index (κ3) is 3.71. The monoisotopic (exact) mass is 390 g/mol. The smallest absolute Gasteiger partial charge is 0.251 e. The number of rotatable bonds is 4. The first-order valence-corrected chi connectivity index (χ1v) is 9.92. The van der Waals surface area contributed by atoms with Gasteiger partial charge in [0.15, 0.2) is 0 Å². The summed E-state index contributed by atoms with van der Waals surface area (Å²) in [6.07, 6.45) is 0. The topological polar surface area (TPSA) is 83.6 Å². The van der Waals surface area contributed by atoms with Crippen molar-refractivity contribution in [2.24, 2.45) is 5.41 Å². The maximum absolute atomic E-state index is 13.6. The second-order valence-corrected chi connectivity index (χ2v) is 8.85. The van der Waals surface area contributed by atoms with E-state index in [9.17, 15) is 22.4 Å². The Bertz CT molecular complexity index is 1000. The molecule has 0 atom stereocenters. The lowest BCUT2D eigenvalue weighted by molar-refractivity contribution is -0.123. The summed E-state index contributed by atoms with van der Waals surface area (Å²) in [5.74, 6) is -1.60. The maximum atomic E-state index is 13.6. The molecule has 0 aromatic heterocycles. The fourth-order valence-electron chi connectivity index (χ4n) is 2.93. The van der Waals surface area contributed by atoms with Crippen LogP contribution in [0.3, 0.4) is 0 Å². The van der Waals surface area contributed by atoms with E-state index >= 15 is 0 Å². The molecule has 3 rings (SSSR count). The second-order valence-electron chi connectivity index (χ2n) is 7.03. The zero-order chi connectivity index (χ0) is 19.8. The van der Waals surface area contributed by atoms with Crippen LogP contribution < -0.4 is 9.62 Å². The molecule has 0 spiro atoms. The molecule has 0 unspecified atom stereocenters. The Morgan fingerprint density at radius 2 is 1.78 bits per heavy atom. The number of sulfonamides is 1. The molecule has 1 aliphatic heterocycles. The van der Waals surface area contributed by atoms with Crippen molar-refractivity contribution in [3.05, 3.63) is 65.5 Å². The van der Waals surface area contributed by atoms with Crippen molar-refractivity contribution < 1.29 is 22.4 Å². The van der Waals surface area contributed by atoms with Crippen LogP contribution in [0.1, 0.15) is 29.8 Å². The molecule has 1 fully saturated rings. The van der Waals surface area contributed by atoms with Gasteiger partial charge < -0.3 is 5.32 Å². The molecule has 2 aromatic carbocycles. The molecule has 142 valence electrons. The Labute approximate surface area is 157 Å². The Kier molecular flexibility index (Phi) is 4.77. The molecule has 1 aliphatic rings. The summed E-state index contributed by atoms with van der Waals surface area (Å²) >= 11 is 0. The van der Waals surface area contributed by atoms with Crippen LogP contribution in [-0.4, -0.2) is 26.0 Å². The van der Waals surface area contributed by atoms with Gasteiger partial charge in [-0.05, 0) is 44.2 Å². The normalized spacial score (nSPS) is 17.7. The van der Waals surface area contributed by atoms with E-state index in [2.05, 4.69) is 5.32 Å². The van der Waals surface area contributed by atoms with E-state index in [0.717, 1.165) is 4.31 Å². The van der Waals surface area contributed by atoms with Gasteiger partial charge in [0.25, 0.3) is 5.91 Å². The number of benzene rings is 2. The Hall–Kier alpha value is -2.74. The molecule has 2 amide bonds. The summed E-state index contributed by atoms with van der Waals surface area (Å²) in [5, 5.41) is 2.61. The fraction of sp³-hybridized carbons (Fsp3) is 0.263. The number of carbonyl (C=O) groups excluding carboxylic acids is 2. The SMILES string of the molecule is CC1(C)CS(=O)(=O)N(c2ccc(C(=O)NCc3ccccc3F)cc2)C1=O. The van der Waals surface area contributed by atoms with Crippen LogP contribution in [0.25, 0.3) is 0 Å². The molecule has 1 N–H and O–H groups in total. The summed E-state index contributed by atoms with van der Waals surface area (Å²) < 4.78 is 39.0. The van der Waals surface area contributed by atoms with Gasteiger partial charge in [-0.15, -0.1) is 0 Å². The van der Waals surface area contributed by atoms with Crippen LogP contribution in [0.2, 0.25) is 0 Å². The number of carbonyl (C=O) groups is 2. The van der Waals surface area contributed by atoms with Gasteiger partial charge in [0, 0.05) is 17.7 Å². The molecule has 8 heteroatoms. The van der Waals surface area contributed by atoms with Crippen molar-refractivity contribution in [2.45, 2.75) is 20.4 Å². The summed E-state index contributed by atoms with van der Waals surface area (Å²) in [6, 6.07) is 11.8. The third-order valence-electron chi connectivity index (χ3n) is 4.35. The Balaban J connectivity index is 1.75. The average molecular weight is 390 g/mol. The van der Waals surface area contributed by atoms with Crippen LogP contribution in [0, 0.1) is 11.2 Å². The third-order valence-corrected chi connectivity index (χ3v) is 6.37. The van der Waals surface area contributed by atoms with Gasteiger partial charge in [-0.3, -0.25) is 9.59 Å².